The Morgan fingerprint density at radius 1 is 1.36 bits per heavy atom. The number of thioether (sulfide) groups is 1. The predicted molar refractivity (Wildman–Crippen MR) is 132 cm³/mol. The van der Waals surface area contributed by atoms with Gasteiger partial charge in [0, 0.05) is 28.2 Å². The van der Waals surface area contributed by atoms with Crippen LogP contribution in [0.5, 0.6) is 0 Å². The molecule has 3 aromatic rings. The number of anilines is 1. The maximum Gasteiger partial charge on any atom is 0.352 e. The summed E-state index contributed by atoms with van der Waals surface area (Å²) in [4.78, 5) is 47.2. The number of β-lactam (4-membered cyclic amide) rings is 1. The van der Waals surface area contributed by atoms with Gasteiger partial charge in [-0.25, -0.2) is 19.3 Å². The molecule has 3 aromatic heterocycles. The van der Waals surface area contributed by atoms with Gasteiger partial charge in [-0.05, 0) is 6.07 Å². The van der Waals surface area contributed by atoms with Crippen molar-refractivity contribution in [1.82, 2.24) is 20.2 Å². The van der Waals surface area contributed by atoms with Crippen LogP contribution in [0.2, 0.25) is 0 Å². The molecule has 1 fully saturated rings. The van der Waals surface area contributed by atoms with Gasteiger partial charge in [0.2, 0.25) is 0 Å². The topological polar surface area (TPSA) is 175 Å². The fourth-order valence-electron chi connectivity index (χ4n) is 3.97. The number of oxime groups is 1. The minimum Gasteiger partial charge on any atom is -0.477 e. The normalized spacial score (nSPS) is 19.6. The Balaban J connectivity index is 1.34. The predicted octanol–water partition coefficient (Wildman–Crippen LogP) is 0.753. The first-order chi connectivity index (χ1) is 17.4. The number of rotatable bonds is 7. The molecule has 5 rings (SSSR count). The van der Waals surface area contributed by atoms with E-state index in [1.165, 1.54) is 33.4 Å². The Hall–Kier alpha value is -3.82. The SMILES string of the molecule is Nc1nc(/C(=N/O)C(=O)N[C@@H]2C(=O)N3C(C(=O)O)=C(C[n+]4cccc(-c5cscn5)c4)CS[C@H]23)cs1. The molecule has 2 amide bonds. The van der Waals surface area contributed by atoms with Gasteiger partial charge >= 0.3 is 5.97 Å². The second kappa shape index (κ2) is 9.67. The highest BCUT2D eigenvalue weighted by Gasteiger charge is 2.54. The van der Waals surface area contributed by atoms with Crippen molar-refractivity contribution >= 4 is 63.1 Å². The van der Waals surface area contributed by atoms with Crippen molar-refractivity contribution in [1.29, 1.82) is 0 Å². The Labute approximate surface area is 215 Å². The number of nitrogen functional groups attached to an aromatic ring is 1. The number of carbonyl (C=O) groups excluding carboxylic acids is 2. The molecule has 0 unspecified atom stereocenters. The van der Waals surface area contributed by atoms with E-state index in [4.69, 9.17) is 5.73 Å². The van der Waals surface area contributed by atoms with Crippen molar-refractivity contribution in [3.05, 3.63) is 57.8 Å². The van der Waals surface area contributed by atoms with Crippen LogP contribution in [0.15, 0.2) is 57.2 Å². The van der Waals surface area contributed by atoms with Gasteiger partial charge in [0.1, 0.15) is 22.8 Å². The minimum atomic E-state index is -1.22. The molecule has 5 heterocycles. The van der Waals surface area contributed by atoms with E-state index in [-0.39, 0.29) is 28.8 Å². The maximum absolute atomic E-state index is 13.0. The lowest BCUT2D eigenvalue weighted by atomic mass is 10.0. The number of carboxylic acids is 1. The van der Waals surface area contributed by atoms with Crippen molar-refractivity contribution < 1.29 is 29.3 Å². The molecule has 0 spiro atoms. The summed E-state index contributed by atoms with van der Waals surface area (Å²) in [5.41, 5.74) is 9.18. The van der Waals surface area contributed by atoms with Gasteiger partial charge in [-0.15, -0.1) is 34.4 Å². The van der Waals surface area contributed by atoms with E-state index in [1.807, 2.05) is 34.5 Å². The third-order valence-corrected chi connectivity index (χ3v) is 8.18. The molecule has 2 aliphatic rings. The minimum absolute atomic E-state index is 0.0720. The lowest BCUT2D eigenvalue weighted by Gasteiger charge is -2.49. The third kappa shape index (κ3) is 4.31. The molecular formula is C21H18N7O5S3+. The molecule has 0 aliphatic carbocycles. The van der Waals surface area contributed by atoms with Crippen LogP contribution in [-0.2, 0) is 20.9 Å². The van der Waals surface area contributed by atoms with E-state index in [0.717, 1.165) is 22.6 Å². The highest BCUT2D eigenvalue weighted by molar-refractivity contribution is 8.00. The monoisotopic (exact) mass is 544 g/mol. The second-order valence-corrected chi connectivity index (χ2v) is 10.5. The number of carbonyl (C=O) groups is 3. The molecule has 0 bridgehead atoms. The number of hydrogen-bond acceptors (Lipinski definition) is 11. The van der Waals surface area contributed by atoms with Crippen LogP contribution in [0.1, 0.15) is 5.69 Å². The molecular weight excluding hydrogens is 526 g/mol. The highest BCUT2D eigenvalue weighted by Crippen LogP contribution is 2.40. The van der Waals surface area contributed by atoms with E-state index in [1.54, 1.807) is 5.51 Å². The zero-order chi connectivity index (χ0) is 25.4. The van der Waals surface area contributed by atoms with Crippen molar-refractivity contribution in [3.63, 3.8) is 0 Å². The molecule has 12 nitrogen and oxygen atoms in total. The molecule has 0 radical (unpaired) electrons. The van der Waals surface area contributed by atoms with Crippen LogP contribution in [0.25, 0.3) is 11.3 Å². The van der Waals surface area contributed by atoms with Gasteiger partial charge in [-0.3, -0.25) is 14.5 Å². The summed E-state index contributed by atoms with van der Waals surface area (Å²) in [5.74, 6) is -2.26. The number of aliphatic carboxylic acids is 1. The fraction of sp³-hybridized carbons (Fsp3) is 0.190. The van der Waals surface area contributed by atoms with Crippen molar-refractivity contribution in [3.8, 4) is 11.3 Å². The Kier molecular flexibility index (Phi) is 6.42. The zero-order valence-electron chi connectivity index (χ0n) is 18.3. The molecule has 0 aromatic carbocycles. The van der Waals surface area contributed by atoms with Crippen molar-refractivity contribution in [2.45, 2.75) is 18.0 Å². The number of amides is 2. The van der Waals surface area contributed by atoms with E-state index < -0.39 is 29.2 Å². The molecule has 0 saturated carbocycles. The summed E-state index contributed by atoms with van der Waals surface area (Å²) in [7, 11) is 0. The number of pyridine rings is 1. The Morgan fingerprint density at radius 3 is 2.86 bits per heavy atom. The standard InChI is InChI=1S/C21H17N7O5S3/c22-21-24-13(8-36-21)14(26-33)17(29)25-15-18(30)28-16(20(31)32)11(6-35-19(15)28)5-27-3-1-2-10(4-27)12-7-34-9-23-12/h1-4,7-9,15,19H,5-6H2,(H4-,22,24,25,29,31,32,33)/p+1/t15-,19-/m1/s1. The van der Waals surface area contributed by atoms with Gasteiger partial charge in [0.05, 0.1) is 16.8 Å². The smallest absolute Gasteiger partial charge is 0.352 e. The maximum atomic E-state index is 13.0. The first kappa shape index (κ1) is 23.9. The van der Waals surface area contributed by atoms with Gasteiger partial charge in [-0.2, -0.15) is 0 Å². The molecule has 36 heavy (non-hydrogen) atoms. The largest absolute Gasteiger partial charge is 0.477 e. The summed E-state index contributed by atoms with van der Waals surface area (Å²) in [6.07, 6.45) is 3.70. The number of aromatic nitrogens is 3. The molecule has 2 aliphatic heterocycles. The lowest BCUT2D eigenvalue weighted by molar-refractivity contribution is -0.688. The van der Waals surface area contributed by atoms with Crippen molar-refractivity contribution in [2.75, 3.05) is 11.5 Å². The number of nitrogens with one attached hydrogen (secondary N) is 1. The van der Waals surface area contributed by atoms with Crippen LogP contribution < -0.4 is 15.6 Å². The van der Waals surface area contributed by atoms with E-state index in [0.29, 0.717) is 11.3 Å². The lowest BCUT2D eigenvalue weighted by Crippen LogP contribution is -2.71. The van der Waals surface area contributed by atoms with Gasteiger partial charge in [-0.1, -0.05) is 5.16 Å². The van der Waals surface area contributed by atoms with Crippen LogP contribution in [-0.4, -0.2) is 65.8 Å². The van der Waals surface area contributed by atoms with Gasteiger partial charge in [0.25, 0.3) is 11.8 Å². The summed E-state index contributed by atoms with van der Waals surface area (Å²) < 4.78 is 1.85. The van der Waals surface area contributed by atoms with E-state index in [9.17, 15) is 24.7 Å². The van der Waals surface area contributed by atoms with Crippen LogP contribution in [0, 0.1) is 0 Å². The van der Waals surface area contributed by atoms with Gasteiger partial charge < -0.3 is 21.4 Å². The fourth-order valence-corrected chi connectivity index (χ4v) is 6.42. The Morgan fingerprint density at radius 2 is 2.19 bits per heavy atom. The summed E-state index contributed by atoms with van der Waals surface area (Å²) in [6.45, 7) is 0.271. The molecule has 5 N–H and O–H groups in total. The average molecular weight is 545 g/mol. The number of hydrogen-bond donors (Lipinski definition) is 4. The zero-order valence-corrected chi connectivity index (χ0v) is 20.7. The molecule has 2 atom stereocenters. The van der Waals surface area contributed by atoms with Crippen LogP contribution in [0.4, 0.5) is 5.13 Å². The number of nitrogens with two attached hydrogens (primary N) is 1. The van der Waals surface area contributed by atoms with Crippen LogP contribution in [0.3, 0.4) is 0 Å². The second-order valence-electron chi connectivity index (χ2n) is 7.78. The van der Waals surface area contributed by atoms with Gasteiger partial charge in [0.15, 0.2) is 29.8 Å². The summed E-state index contributed by atoms with van der Waals surface area (Å²) in [6, 6.07) is 2.79. The summed E-state index contributed by atoms with van der Waals surface area (Å²) in [5, 5.41) is 27.7. The quantitative estimate of drug-likeness (QED) is 0.110. The third-order valence-electron chi connectivity index (χ3n) is 5.58. The number of nitrogens with zero attached hydrogens (tertiary/aromatic N) is 5. The highest BCUT2D eigenvalue weighted by atomic mass is 32.2. The van der Waals surface area contributed by atoms with E-state index in [2.05, 4.69) is 20.4 Å². The molecule has 15 heteroatoms. The van der Waals surface area contributed by atoms with Crippen molar-refractivity contribution in [2.24, 2.45) is 5.16 Å². The first-order valence-electron chi connectivity index (χ1n) is 10.4. The number of fused-ring (bicyclic) bond motifs is 1. The molecule has 184 valence electrons. The Bertz CT molecular complexity index is 1420. The summed E-state index contributed by atoms with van der Waals surface area (Å²) >= 11 is 3.89. The average Bonchev–Trinajstić information content (AvgIpc) is 3.55. The number of carboxylic acid groups (broad SMARTS) is 1. The van der Waals surface area contributed by atoms with E-state index >= 15 is 0 Å². The first-order valence-corrected chi connectivity index (χ1v) is 13.3. The van der Waals surface area contributed by atoms with Crippen LogP contribution >= 0.6 is 34.4 Å². The number of thiazole rings is 2. The molecule has 1 saturated heterocycles.